The first-order valence-corrected chi connectivity index (χ1v) is 5.39. The third-order valence-corrected chi connectivity index (χ3v) is 2.03. The molecule has 0 radical (unpaired) electrons. The van der Waals surface area contributed by atoms with Crippen molar-refractivity contribution in [2.75, 3.05) is 19.6 Å². The van der Waals surface area contributed by atoms with E-state index in [0.29, 0.717) is 0 Å². The molecular weight excluding hydrogens is 158 g/mol. The van der Waals surface area contributed by atoms with Gasteiger partial charge in [0.05, 0.1) is 0 Å². The Hall–Kier alpha value is -0.300. The van der Waals surface area contributed by atoms with Crippen molar-refractivity contribution in [2.24, 2.45) is 11.8 Å². The highest BCUT2D eigenvalue weighted by Gasteiger charge is 2.05. The number of hydrogen-bond acceptors (Lipinski definition) is 1. The summed E-state index contributed by atoms with van der Waals surface area (Å²) in [4.78, 5) is 2.48. The molecule has 0 unspecified atom stereocenters. The van der Waals surface area contributed by atoms with Crippen LogP contribution in [0.1, 0.15) is 34.1 Å². The molecule has 1 heteroatoms. The molecule has 0 atom stereocenters. The SMILES string of the molecule is C=CCN(CCC(C)C)CC(C)C. The van der Waals surface area contributed by atoms with E-state index < -0.39 is 0 Å². The zero-order valence-electron chi connectivity index (χ0n) is 9.71. The van der Waals surface area contributed by atoms with Crippen LogP contribution in [0.3, 0.4) is 0 Å². The third kappa shape index (κ3) is 8.04. The van der Waals surface area contributed by atoms with Crippen LogP contribution in [0.15, 0.2) is 12.7 Å². The van der Waals surface area contributed by atoms with E-state index in [1.54, 1.807) is 0 Å². The molecule has 0 aromatic carbocycles. The van der Waals surface area contributed by atoms with Crippen molar-refractivity contribution in [3.05, 3.63) is 12.7 Å². The first kappa shape index (κ1) is 12.7. The largest absolute Gasteiger partial charge is 0.299 e. The minimum atomic E-state index is 0.757. The summed E-state index contributed by atoms with van der Waals surface area (Å²) in [5.41, 5.74) is 0. The lowest BCUT2D eigenvalue weighted by molar-refractivity contribution is 0.253. The first-order valence-electron chi connectivity index (χ1n) is 5.39. The van der Waals surface area contributed by atoms with Gasteiger partial charge in [0.15, 0.2) is 0 Å². The van der Waals surface area contributed by atoms with Crippen molar-refractivity contribution in [1.29, 1.82) is 0 Å². The lowest BCUT2D eigenvalue weighted by atomic mass is 10.1. The van der Waals surface area contributed by atoms with E-state index in [9.17, 15) is 0 Å². The van der Waals surface area contributed by atoms with Gasteiger partial charge in [-0.2, -0.15) is 0 Å². The van der Waals surface area contributed by atoms with E-state index in [1.807, 2.05) is 6.08 Å². The van der Waals surface area contributed by atoms with Gasteiger partial charge >= 0.3 is 0 Å². The average Bonchev–Trinajstić information content (AvgIpc) is 1.99. The minimum absolute atomic E-state index is 0.757. The Morgan fingerprint density at radius 1 is 1.15 bits per heavy atom. The standard InChI is InChI=1S/C12H25N/c1-6-8-13(10-12(4)5)9-7-11(2)3/h6,11-12H,1,7-10H2,2-5H3. The molecule has 78 valence electrons. The van der Waals surface area contributed by atoms with Gasteiger partial charge in [0, 0.05) is 13.1 Å². The van der Waals surface area contributed by atoms with E-state index in [1.165, 1.54) is 19.5 Å². The van der Waals surface area contributed by atoms with Gasteiger partial charge in [-0.15, -0.1) is 6.58 Å². The fraction of sp³-hybridized carbons (Fsp3) is 0.833. The maximum absolute atomic E-state index is 3.79. The Bertz CT molecular complexity index is 127. The molecule has 0 fully saturated rings. The molecule has 0 aliphatic heterocycles. The normalized spacial score (nSPS) is 11.6. The Kier molecular flexibility index (Phi) is 6.97. The Morgan fingerprint density at radius 3 is 2.15 bits per heavy atom. The molecule has 0 aliphatic carbocycles. The summed E-state index contributed by atoms with van der Waals surface area (Å²) in [6.45, 7) is 16.3. The zero-order chi connectivity index (χ0) is 10.3. The van der Waals surface area contributed by atoms with Crippen LogP contribution in [0, 0.1) is 11.8 Å². The smallest absolute Gasteiger partial charge is 0.0160 e. The topological polar surface area (TPSA) is 3.24 Å². The average molecular weight is 183 g/mol. The summed E-state index contributed by atoms with van der Waals surface area (Å²) in [5.74, 6) is 1.56. The second kappa shape index (κ2) is 7.14. The van der Waals surface area contributed by atoms with Crippen molar-refractivity contribution < 1.29 is 0 Å². The lowest BCUT2D eigenvalue weighted by Crippen LogP contribution is -2.29. The van der Waals surface area contributed by atoms with Crippen LogP contribution in [0.5, 0.6) is 0 Å². The molecular formula is C12H25N. The van der Waals surface area contributed by atoms with Crippen molar-refractivity contribution >= 4 is 0 Å². The van der Waals surface area contributed by atoms with Gasteiger partial charge in [0.1, 0.15) is 0 Å². The highest BCUT2D eigenvalue weighted by molar-refractivity contribution is 4.74. The van der Waals surface area contributed by atoms with Crippen molar-refractivity contribution in [3.63, 3.8) is 0 Å². The lowest BCUT2D eigenvalue weighted by Gasteiger charge is -2.23. The molecule has 0 aromatic heterocycles. The monoisotopic (exact) mass is 183 g/mol. The van der Waals surface area contributed by atoms with E-state index in [4.69, 9.17) is 0 Å². The Morgan fingerprint density at radius 2 is 1.77 bits per heavy atom. The van der Waals surface area contributed by atoms with Gasteiger partial charge in [-0.1, -0.05) is 33.8 Å². The van der Waals surface area contributed by atoms with Crippen molar-refractivity contribution in [1.82, 2.24) is 4.90 Å². The molecule has 0 saturated carbocycles. The minimum Gasteiger partial charge on any atom is -0.299 e. The number of hydrogen-bond donors (Lipinski definition) is 0. The van der Waals surface area contributed by atoms with E-state index in [0.717, 1.165) is 18.4 Å². The third-order valence-electron chi connectivity index (χ3n) is 2.03. The maximum Gasteiger partial charge on any atom is 0.0160 e. The molecule has 0 bridgehead atoms. The first-order chi connectivity index (χ1) is 6.06. The van der Waals surface area contributed by atoms with Gasteiger partial charge < -0.3 is 0 Å². The van der Waals surface area contributed by atoms with Crippen molar-refractivity contribution in [2.45, 2.75) is 34.1 Å². The summed E-state index contributed by atoms with van der Waals surface area (Å²) < 4.78 is 0. The summed E-state index contributed by atoms with van der Waals surface area (Å²) in [6, 6.07) is 0. The molecule has 0 amide bonds. The van der Waals surface area contributed by atoms with Crippen LogP contribution in [0.2, 0.25) is 0 Å². The molecule has 0 heterocycles. The van der Waals surface area contributed by atoms with Crippen LogP contribution in [-0.2, 0) is 0 Å². The summed E-state index contributed by atoms with van der Waals surface area (Å²) in [7, 11) is 0. The Labute approximate surface area is 83.8 Å². The summed E-state index contributed by atoms with van der Waals surface area (Å²) in [6.07, 6.45) is 3.29. The predicted octanol–water partition coefficient (Wildman–Crippen LogP) is 3.18. The van der Waals surface area contributed by atoms with Crippen molar-refractivity contribution in [3.8, 4) is 0 Å². The quantitative estimate of drug-likeness (QED) is 0.548. The molecule has 0 rings (SSSR count). The van der Waals surface area contributed by atoms with Crippen LogP contribution in [0.25, 0.3) is 0 Å². The van der Waals surface area contributed by atoms with Gasteiger partial charge in [-0.05, 0) is 24.8 Å². The van der Waals surface area contributed by atoms with Crippen LogP contribution in [0.4, 0.5) is 0 Å². The highest BCUT2D eigenvalue weighted by atomic mass is 15.1. The molecule has 13 heavy (non-hydrogen) atoms. The molecule has 0 aliphatic rings. The van der Waals surface area contributed by atoms with Gasteiger partial charge in [0.25, 0.3) is 0 Å². The van der Waals surface area contributed by atoms with E-state index in [-0.39, 0.29) is 0 Å². The predicted molar refractivity (Wildman–Crippen MR) is 60.9 cm³/mol. The fourth-order valence-corrected chi connectivity index (χ4v) is 1.40. The Balaban J connectivity index is 3.72. The van der Waals surface area contributed by atoms with Crippen LogP contribution in [-0.4, -0.2) is 24.5 Å². The van der Waals surface area contributed by atoms with Gasteiger partial charge in [0.2, 0.25) is 0 Å². The molecule has 0 spiro atoms. The second-order valence-electron chi connectivity index (χ2n) is 4.62. The number of rotatable bonds is 7. The van der Waals surface area contributed by atoms with Gasteiger partial charge in [-0.25, -0.2) is 0 Å². The van der Waals surface area contributed by atoms with Crippen LogP contribution < -0.4 is 0 Å². The zero-order valence-corrected chi connectivity index (χ0v) is 9.71. The van der Waals surface area contributed by atoms with E-state index >= 15 is 0 Å². The maximum atomic E-state index is 3.79. The van der Waals surface area contributed by atoms with Gasteiger partial charge in [-0.3, -0.25) is 4.90 Å². The molecule has 0 aromatic rings. The molecule has 1 nitrogen and oxygen atoms in total. The summed E-state index contributed by atoms with van der Waals surface area (Å²) >= 11 is 0. The molecule has 0 N–H and O–H groups in total. The fourth-order valence-electron chi connectivity index (χ4n) is 1.40. The summed E-state index contributed by atoms with van der Waals surface area (Å²) in [5, 5.41) is 0. The number of nitrogens with zero attached hydrogens (tertiary/aromatic N) is 1. The van der Waals surface area contributed by atoms with E-state index in [2.05, 4.69) is 39.2 Å². The highest BCUT2D eigenvalue weighted by Crippen LogP contribution is 2.04. The van der Waals surface area contributed by atoms with Crippen LogP contribution >= 0.6 is 0 Å². The molecule has 0 saturated heterocycles. The second-order valence-corrected chi connectivity index (χ2v) is 4.62.